The van der Waals surface area contributed by atoms with Crippen molar-refractivity contribution in [3.05, 3.63) is 42.9 Å². The number of aromatic nitrogens is 5. The molecule has 0 atom stereocenters. The summed E-state index contributed by atoms with van der Waals surface area (Å²) >= 11 is 0. The van der Waals surface area contributed by atoms with Gasteiger partial charge in [-0.25, -0.2) is 4.98 Å². The summed E-state index contributed by atoms with van der Waals surface area (Å²) in [5, 5.41) is 7.69. The summed E-state index contributed by atoms with van der Waals surface area (Å²) in [6.45, 7) is 5.55. The van der Waals surface area contributed by atoms with Gasteiger partial charge in [0.2, 0.25) is 0 Å². The van der Waals surface area contributed by atoms with E-state index in [1.54, 1.807) is 7.11 Å². The maximum Gasteiger partial charge on any atom is 0.139 e. The van der Waals surface area contributed by atoms with Crippen LogP contribution in [0.4, 0.5) is 0 Å². The number of aromatic amines is 1. The van der Waals surface area contributed by atoms with Crippen molar-refractivity contribution in [2.75, 3.05) is 40.0 Å². The van der Waals surface area contributed by atoms with Crippen LogP contribution in [0.25, 0.3) is 44.1 Å². The smallest absolute Gasteiger partial charge is 0.139 e. The average Bonchev–Trinajstić information content (AvgIpc) is 3.52. The molecular formula is C24H26N6O2. The molecule has 0 spiro atoms. The van der Waals surface area contributed by atoms with Crippen LogP contribution in [-0.4, -0.2) is 69.2 Å². The van der Waals surface area contributed by atoms with E-state index in [2.05, 4.69) is 48.9 Å². The van der Waals surface area contributed by atoms with Gasteiger partial charge in [-0.1, -0.05) is 0 Å². The minimum absolute atomic E-state index is 0.819. The Labute approximate surface area is 185 Å². The first-order valence-corrected chi connectivity index (χ1v) is 11.0. The molecule has 0 bridgehead atoms. The molecule has 0 unspecified atom stereocenters. The molecular weight excluding hydrogens is 404 g/mol. The monoisotopic (exact) mass is 430 g/mol. The number of pyridine rings is 1. The molecule has 4 aromatic heterocycles. The lowest BCUT2D eigenvalue weighted by atomic mass is 10.1. The highest BCUT2D eigenvalue weighted by Crippen LogP contribution is 2.35. The van der Waals surface area contributed by atoms with Crippen molar-refractivity contribution < 1.29 is 9.47 Å². The van der Waals surface area contributed by atoms with Gasteiger partial charge in [0.25, 0.3) is 0 Å². The highest BCUT2D eigenvalue weighted by molar-refractivity contribution is 6.06. The minimum Gasteiger partial charge on any atom is -0.497 e. The molecule has 0 amide bonds. The second-order valence-corrected chi connectivity index (χ2v) is 8.35. The summed E-state index contributed by atoms with van der Waals surface area (Å²) in [6, 6.07) is 8.49. The maximum atomic E-state index is 5.53. The SMILES string of the molecule is COc1ccc2c(c1)c(-c1cc3c(ncc4cnn(C)c43)[nH]1)cn2CCN1CCOCC1. The van der Waals surface area contributed by atoms with Gasteiger partial charge in [-0.3, -0.25) is 9.58 Å². The van der Waals surface area contributed by atoms with E-state index in [9.17, 15) is 0 Å². The van der Waals surface area contributed by atoms with Gasteiger partial charge >= 0.3 is 0 Å². The van der Waals surface area contributed by atoms with Crippen LogP contribution in [0.15, 0.2) is 42.9 Å². The van der Waals surface area contributed by atoms with Crippen molar-refractivity contribution in [2.24, 2.45) is 7.05 Å². The molecule has 5 heterocycles. The molecule has 32 heavy (non-hydrogen) atoms. The lowest BCUT2D eigenvalue weighted by Crippen LogP contribution is -2.38. The highest BCUT2D eigenvalue weighted by atomic mass is 16.5. The van der Waals surface area contributed by atoms with Gasteiger partial charge in [-0.05, 0) is 24.3 Å². The van der Waals surface area contributed by atoms with Crippen LogP contribution in [0, 0.1) is 0 Å². The Morgan fingerprint density at radius 1 is 1.09 bits per heavy atom. The van der Waals surface area contributed by atoms with Crippen LogP contribution >= 0.6 is 0 Å². The number of hydrogen-bond donors (Lipinski definition) is 1. The third kappa shape index (κ3) is 3.14. The van der Waals surface area contributed by atoms with Gasteiger partial charge in [0.05, 0.1) is 32.0 Å². The Bertz CT molecular complexity index is 1420. The molecule has 164 valence electrons. The third-order valence-corrected chi connectivity index (χ3v) is 6.49. The molecule has 1 aliphatic heterocycles. The summed E-state index contributed by atoms with van der Waals surface area (Å²) < 4.78 is 15.3. The Hall–Kier alpha value is -3.36. The summed E-state index contributed by atoms with van der Waals surface area (Å²) in [6.07, 6.45) is 5.98. The summed E-state index contributed by atoms with van der Waals surface area (Å²) in [7, 11) is 3.68. The summed E-state index contributed by atoms with van der Waals surface area (Å²) in [4.78, 5) is 10.6. The Morgan fingerprint density at radius 3 is 2.81 bits per heavy atom. The van der Waals surface area contributed by atoms with Gasteiger partial charge in [-0.2, -0.15) is 5.10 Å². The number of nitrogens with one attached hydrogen (secondary N) is 1. The second-order valence-electron chi connectivity index (χ2n) is 8.35. The van der Waals surface area contributed by atoms with E-state index in [-0.39, 0.29) is 0 Å². The van der Waals surface area contributed by atoms with Crippen LogP contribution in [-0.2, 0) is 18.3 Å². The highest BCUT2D eigenvalue weighted by Gasteiger charge is 2.17. The zero-order chi connectivity index (χ0) is 21.7. The van der Waals surface area contributed by atoms with E-state index in [4.69, 9.17) is 9.47 Å². The van der Waals surface area contributed by atoms with Crippen molar-refractivity contribution in [2.45, 2.75) is 6.54 Å². The fraction of sp³-hybridized carbons (Fsp3) is 0.333. The third-order valence-electron chi connectivity index (χ3n) is 6.49. The molecule has 6 rings (SSSR count). The molecule has 1 saturated heterocycles. The lowest BCUT2D eigenvalue weighted by molar-refractivity contribution is 0.0365. The van der Waals surface area contributed by atoms with Gasteiger partial charge < -0.3 is 19.0 Å². The number of rotatable bonds is 5. The normalized spacial score (nSPS) is 15.3. The quantitative estimate of drug-likeness (QED) is 0.463. The molecule has 0 saturated carbocycles. The number of aryl methyl sites for hydroxylation is 1. The van der Waals surface area contributed by atoms with Crippen LogP contribution in [0.2, 0.25) is 0 Å². The number of morpholine rings is 1. The number of nitrogens with zero attached hydrogens (tertiary/aromatic N) is 5. The van der Waals surface area contributed by atoms with Crippen LogP contribution in [0.5, 0.6) is 5.75 Å². The van der Waals surface area contributed by atoms with Crippen molar-refractivity contribution in [1.29, 1.82) is 0 Å². The van der Waals surface area contributed by atoms with E-state index in [1.165, 1.54) is 10.9 Å². The molecule has 0 aliphatic carbocycles. The second kappa shape index (κ2) is 7.65. The largest absolute Gasteiger partial charge is 0.497 e. The van der Waals surface area contributed by atoms with Crippen molar-refractivity contribution in [3.63, 3.8) is 0 Å². The molecule has 1 N–H and O–H groups in total. The number of fused-ring (bicyclic) bond motifs is 4. The topological polar surface area (TPSA) is 73.1 Å². The van der Waals surface area contributed by atoms with Crippen molar-refractivity contribution in [1.82, 2.24) is 29.2 Å². The van der Waals surface area contributed by atoms with E-state index < -0.39 is 0 Å². The van der Waals surface area contributed by atoms with E-state index in [1.807, 2.05) is 30.2 Å². The first kappa shape index (κ1) is 19.3. The Kier molecular flexibility index (Phi) is 4.62. The van der Waals surface area contributed by atoms with Gasteiger partial charge in [0, 0.05) is 78.6 Å². The van der Waals surface area contributed by atoms with Gasteiger partial charge in [-0.15, -0.1) is 0 Å². The Morgan fingerprint density at radius 2 is 1.97 bits per heavy atom. The number of benzene rings is 1. The molecule has 1 aromatic carbocycles. The van der Waals surface area contributed by atoms with E-state index >= 15 is 0 Å². The predicted molar refractivity (Wildman–Crippen MR) is 125 cm³/mol. The molecule has 8 heteroatoms. The van der Waals surface area contributed by atoms with E-state index in [0.717, 1.165) is 78.3 Å². The first-order chi connectivity index (χ1) is 15.7. The first-order valence-electron chi connectivity index (χ1n) is 11.0. The zero-order valence-electron chi connectivity index (χ0n) is 18.3. The van der Waals surface area contributed by atoms with Crippen LogP contribution in [0.3, 0.4) is 0 Å². The fourth-order valence-electron chi connectivity index (χ4n) is 4.76. The predicted octanol–water partition coefficient (Wildman–Crippen LogP) is 3.41. The number of ether oxygens (including phenoxy) is 2. The summed E-state index contributed by atoms with van der Waals surface area (Å²) in [5.41, 5.74) is 5.35. The molecule has 0 radical (unpaired) electrons. The Balaban J connectivity index is 1.46. The van der Waals surface area contributed by atoms with Crippen LogP contribution in [0.1, 0.15) is 0 Å². The standard InChI is InChI=1S/C24H26N6O2/c1-28-23-16(14-26-28)13-25-24-19(23)12-21(27-24)20-15-30(6-5-29-7-9-32-10-8-29)22-4-3-17(31-2)11-18(20)22/h3-4,11-15H,5-10H2,1-2H3,(H,25,27). The number of methoxy groups -OCH3 is 1. The van der Waals surface area contributed by atoms with Gasteiger partial charge in [0.1, 0.15) is 11.4 Å². The minimum atomic E-state index is 0.819. The molecule has 1 aliphatic rings. The zero-order valence-corrected chi connectivity index (χ0v) is 18.3. The molecule has 5 aromatic rings. The average molecular weight is 431 g/mol. The summed E-state index contributed by atoms with van der Waals surface area (Å²) in [5.74, 6) is 0.855. The van der Waals surface area contributed by atoms with Crippen LogP contribution < -0.4 is 4.74 Å². The lowest BCUT2D eigenvalue weighted by Gasteiger charge is -2.26. The molecule has 8 nitrogen and oxygen atoms in total. The molecule has 1 fully saturated rings. The van der Waals surface area contributed by atoms with Gasteiger partial charge in [0.15, 0.2) is 0 Å². The van der Waals surface area contributed by atoms with E-state index in [0.29, 0.717) is 0 Å². The maximum absolute atomic E-state index is 5.53. The van der Waals surface area contributed by atoms with Crippen molar-refractivity contribution >= 4 is 32.8 Å². The number of hydrogen-bond acceptors (Lipinski definition) is 5. The van der Waals surface area contributed by atoms with Crippen molar-refractivity contribution in [3.8, 4) is 17.0 Å². The number of H-pyrrole nitrogens is 1. The fourth-order valence-corrected chi connectivity index (χ4v) is 4.76.